The Morgan fingerprint density at radius 1 is 1.29 bits per heavy atom. The lowest BCUT2D eigenvalue weighted by Gasteiger charge is -2.29. The number of rotatable bonds is 4. The Hall–Kier alpha value is -1.29. The Morgan fingerprint density at radius 3 is 2.67 bits per heavy atom. The summed E-state index contributed by atoms with van der Waals surface area (Å²) in [6.07, 6.45) is -2.83. The number of thiocarbonyl (C=S) groups is 1. The highest BCUT2D eigenvalue weighted by molar-refractivity contribution is 7.80. The van der Waals surface area contributed by atoms with Gasteiger partial charge in [-0.05, 0) is 38.2 Å². The summed E-state index contributed by atoms with van der Waals surface area (Å²) in [7, 11) is 0. The summed E-state index contributed by atoms with van der Waals surface area (Å²) >= 11 is 5.35. The van der Waals surface area contributed by atoms with Crippen LogP contribution in [0, 0.1) is 0 Å². The van der Waals surface area contributed by atoms with Crippen molar-refractivity contribution in [1.82, 2.24) is 5.32 Å². The maximum absolute atomic E-state index is 10.0. The predicted octanol–water partition coefficient (Wildman–Crippen LogP) is 0.571. The maximum Gasteiger partial charge on any atom is 0.189 e. The van der Waals surface area contributed by atoms with E-state index >= 15 is 0 Å². The van der Waals surface area contributed by atoms with Gasteiger partial charge in [0.25, 0.3) is 0 Å². The third-order valence-electron chi connectivity index (χ3n) is 3.98. The molecule has 2 fully saturated rings. The molecule has 24 heavy (non-hydrogen) atoms. The Labute approximate surface area is 145 Å². The van der Waals surface area contributed by atoms with Crippen LogP contribution in [0.15, 0.2) is 30.3 Å². The highest BCUT2D eigenvalue weighted by Gasteiger charge is 2.56. The van der Waals surface area contributed by atoms with Gasteiger partial charge in [-0.1, -0.05) is 18.2 Å². The van der Waals surface area contributed by atoms with Crippen molar-refractivity contribution >= 4 is 23.0 Å². The van der Waals surface area contributed by atoms with Gasteiger partial charge in [0.15, 0.2) is 17.2 Å². The summed E-state index contributed by atoms with van der Waals surface area (Å²) in [4.78, 5) is 0. The lowest BCUT2D eigenvalue weighted by atomic mass is 10.0. The highest BCUT2D eigenvalue weighted by atomic mass is 32.1. The van der Waals surface area contributed by atoms with Crippen LogP contribution < -0.4 is 10.6 Å². The summed E-state index contributed by atoms with van der Waals surface area (Å²) in [5.41, 5.74) is 0.841. The molecule has 0 unspecified atom stereocenters. The molecule has 1 aromatic carbocycles. The van der Waals surface area contributed by atoms with Gasteiger partial charge in [0, 0.05) is 5.69 Å². The van der Waals surface area contributed by atoms with Crippen LogP contribution in [0.4, 0.5) is 5.69 Å². The first-order valence-corrected chi connectivity index (χ1v) is 8.23. The molecule has 0 bridgehead atoms. The van der Waals surface area contributed by atoms with Crippen LogP contribution >= 0.6 is 12.2 Å². The van der Waals surface area contributed by atoms with Crippen LogP contribution in [0.3, 0.4) is 0 Å². The van der Waals surface area contributed by atoms with E-state index < -0.39 is 43.0 Å². The molecule has 0 aromatic heterocycles. The number of para-hydroxylation sites is 1. The van der Waals surface area contributed by atoms with Crippen LogP contribution in [-0.4, -0.2) is 58.4 Å². The molecule has 5 atom stereocenters. The second-order valence-electron chi connectivity index (χ2n) is 6.31. The first-order chi connectivity index (χ1) is 11.4. The van der Waals surface area contributed by atoms with Gasteiger partial charge in [0.1, 0.15) is 18.3 Å². The minimum atomic E-state index is -1.07. The summed E-state index contributed by atoms with van der Waals surface area (Å²) < 4.78 is 17.3. The molecule has 0 saturated carbocycles. The second-order valence-corrected chi connectivity index (χ2v) is 6.72. The van der Waals surface area contributed by atoms with Gasteiger partial charge in [-0.3, -0.25) is 0 Å². The molecule has 1 aromatic rings. The summed E-state index contributed by atoms with van der Waals surface area (Å²) in [5.74, 6) is -0.779. The zero-order valence-electron chi connectivity index (χ0n) is 13.5. The molecule has 2 aliphatic heterocycles. The molecule has 2 heterocycles. The SMILES string of the molecule is CC1(C)O[C@H]2O[C@H]([C@H](O)CO)[C@H](NC(=S)Nc3ccccc3)[C@H]2O1. The Bertz CT molecular complexity index is 585. The number of nitrogens with one attached hydrogen (secondary N) is 2. The number of fused-ring (bicyclic) bond motifs is 1. The molecule has 7 nitrogen and oxygen atoms in total. The van der Waals surface area contributed by atoms with Gasteiger partial charge in [-0.2, -0.15) is 0 Å². The van der Waals surface area contributed by atoms with Crippen LogP contribution in [0.5, 0.6) is 0 Å². The van der Waals surface area contributed by atoms with Crippen molar-refractivity contribution in [2.45, 2.75) is 50.3 Å². The fraction of sp³-hybridized carbons (Fsp3) is 0.562. The zero-order chi connectivity index (χ0) is 17.3. The average molecular weight is 354 g/mol. The highest BCUT2D eigenvalue weighted by Crippen LogP contribution is 2.38. The van der Waals surface area contributed by atoms with Crippen molar-refractivity contribution in [3.05, 3.63) is 30.3 Å². The molecule has 4 N–H and O–H groups in total. The van der Waals surface area contributed by atoms with E-state index in [-0.39, 0.29) is 0 Å². The number of benzene rings is 1. The topological polar surface area (TPSA) is 92.2 Å². The van der Waals surface area contributed by atoms with Crippen LogP contribution in [0.1, 0.15) is 13.8 Å². The van der Waals surface area contributed by atoms with Gasteiger partial charge < -0.3 is 35.1 Å². The van der Waals surface area contributed by atoms with Crippen LogP contribution in [0.2, 0.25) is 0 Å². The van der Waals surface area contributed by atoms with Gasteiger partial charge >= 0.3 is 0 Å². The van der Waals surface area contributed by atoms with Crippen molar-refractivity contribution in [3.63, 3.8) is 0 Å². The summed E-state index contributed by atoms with van der Waals surface area (Å²) in [6, 6.07) is 9.03. The number of ether oxygens (including phenoxy) is 3. The molecular formula is C16H22N2O5S. The molecule has 0 radical (unpaired) electrons. The quantitative estimate of drug-likeness (QED) is 0.584. The molecule has 2 aliphatic rings. The minimum Gasteiger partial charge on any atom is -0.394 e. The largest absolute Gasteiger partial charge is 0.394 e. The average Bonchev–Trinajstić information content (AvgIpc) is 3.00. The molecule has 8 heteroatoms. The molecule has 2 saturated heterocycles. The van der Waals surface area contributed by atoms with Crippen molar-refractivity contribution in [1.29, 1.82) is 0 Å². The summed E-state index contributed by atoms with van der Waals surface area (Å²) in [6.45, 7) is 3.16. The molecule has 132 valence electrons. The van der Waals surface area contributed by atoms with E-state index in [0.29, 0.717) is 5.11 Å². The van der Waals surface area contributed by atoms with E-state index in [9.17, 15) is 10.2 Å². The number of hydrogen-bond donors (Lipinski definition) is 4. The van der Waals surface area contributed by atoms with Crippen LogP contribution in [0.25, 0.3) is 0 Å². The van der Waals surface area contributed by atoms with Gasteiger partial charge in [0.05, 0.1) is 12.6 Å². The van der Waals surface area contributed by atoms with Crippen molar-refractivity contribution in [2.75, 3.05) is 11.9 Å². The minimum absolute atomic E-state index is 0.374. The van der Waals surface area contributed by atoms with E-state index in [2.05, 4.69) is 10.6 Å². The van der Waals surface area contributed by atoms with E-state index in [1.54, 1.807) is 13.8 Å². The van der Waals surface area contributed by atoms with Crippen molar-refractivity contribution < 1.29 is 24.4 Å². The van der Waals surface area contributed by atoms with Gasteiger partial charge in [-0.15, -0.1) is 0 Å². The molecule has 0 amide bonds. The number of aliphatic hydroxyl groups excluding tert-OH is 2. The van der Waals surface area contributed by atoms with Gasteiger partial charge in [0.2, 0.25) is 0 Å². The van der Waals surface area contributed by atoms with E-state index in [0.717, 1.165) is 5.69 Å². The van der Waals surface area contributed by atoms with E-state index in [4.69, 9.17) is 26.4 Å². The number of aliphatic hydroxyl groups is 2. The maximum atomic E-state index is 10.0. The third kappa shape index (κ3) is 3.69. The van der Waals surface area contributed by atoms with E-state index in [1.807, 2.05) is 30.3 Å². The fourth-order valence-electron chi connectivity index (χ4n) is 2.97. The van der Waals surface area contributed by atoms with Crippen LogP contribution in [-0.2, 0) is 14.2 Å². The molecule has 3 rings (SSSR count). The smallest absolute Gasteiger partial charge is 0.189 e. The van der Waals surface area contributed by atoms with Crippen molar-refractivity contribution in [2.24, 2.45) is 0 Å². The Morgan fingerprint density at radius 2 is 2.00 bits per heavy atom. The lowest BCUT2D eigenvalue weighted by Crippen LogP contribution is -2.53. The fourth-order valence-corrected chi connectivity index (χ4v) is 3.22. The molecular weight excluding hydrogens is 332 g/mol. The first-order valence-electron chi connectivity index (χ1n) is 7.82. The zero-order valence-corrected chi connectivity index (χ0v) is 14.3. The Balaban J connectivity index is 1.71. The van der Waals surface area contributed by atoms with E-state index in [1.165, 1.54) is 0 Å². The molecule has 0 spiro atoms. The number of hydrogen-bond acceptors (Lipinski definition) is 6. The monoisotopic (exact) mass is 354 g/mol. The molecule has 0 aliphatic carbocycles. The normalized spacial score (nSPS) is 32.2. The summed E-state index contributed by atoms with van der Waals surface area (Å²) in [5, 5.41) is 25.9. The predicted molar refractivity (Wildman–Crippen MR) is 91.4 cm³/mol. The number of anilines is 1. The van der Waals surface area contributed by atoms with Gasteiger partial charge in [-0.25, -0.2) is 0 Å². The lowest BCUT2D eigenvalue weighted by molar-refractivity contribution is -0.218. The third-order valence-corrected chi connectivity index (χ3v) is 4.20. The Kier molecular flexibility index (Phi) is 5.05. The standard InChI is InChI=1S/C16H22N2O5S/c1-16(2)22-13-11(12(10(20)8-19)21-14(13)23-16)18-15(24)17-9-6-4-3-5-7-9/h3-7,10-14,19-20H,8H2,1-2H3,(H2,17,18,24)/t10-,11+,12-,13-,14-/m1/s1. The van der Waals surface area contributed by atoms with Crippen molar-refractivity contribution in [3.8, 4) is 0 Å². The second kappa shape index (κ2) is 6.91. The first kappa shape index (κ1) is 17.5.